The fourth-order valence-corrected chi connectivity index (χ4v) is 4.08. The van der Waals surface area contributed by atoms with Crippen molar-refractivity contribution in [2.24, 2.45) is 5.73 Å². The third-order valence-electron chi connectivity index (χ3n) is 3.70. The van der Waals surface area contributed by atoms with Gasteiger partial charge in [0.25, 0.3) is 0 Å². The molecule has 0 radical (unpaired) electrons. The van der Waals surface area contributed by atoms with Crippen LogP contribution >= 0.6 is 0 Å². The Labute approximate surface area is 110 Å². The first-order chi connectivity index (χ1) is 8.26. The zero-order chi connectivity index (χ0) is 13.8. The molecule has 0 amide bonds. The van der Waals surface area contributed by atoms with Crippen molar-refractivity contribution in [3.8, 4) is 0 Å². The van der Waals surface area contributed by atoms with Gasteiger partial charge < -0.3 is 15.7 Å². The van der Waals surface area contributed by atoms with Crippen molar-refractivity contribution >= 4 is 9.84 Å². The second-order valence-corrected chi connectivity index (χ2v) is 8.04. The minimum absolute atomic E-state index is 0.00368. The maximum Gasteiger partial charge on any atom is 0.151 e. The first-order valence-electron chi connectivity index (χ1n) is 6.56. The van der Waals surface area contributed by atoms with Gasteiger partial charge in [0.15, 0.2) is 9.84 Å². The Bertz CT molecular complexity index is 354. The van der Waals surface area contributed by atoms with E-state index in [4.69, 9.17) is 10.8 Å². The highest BCUT2D eigenvalue weighted by atomic mass is 32.2. The SMILES string of the molecule is CN(CCCCC(C)(N)CO)C1CCS(=O)(=O)C1. The van der Waals surface area contributed by atoms with Gasteiger partial charge in [0.1, 0.15) is 0 Å². The number of hydrogen-bond acceptors (Lipinski definition) is 5. The third-order valence-corrected chi connectivity index (χ3v) is 5.45. The van der Waals surface area contributed by atoms with Crippen LogP contribution in [0, 0.1) is 0 Å². The van der Waals surface area contributed by atoms with E-state index in [0.717, 1.165) is 32.2 Å². The summed E-state index contributed by atoms with van der Waals surface area (Å²) in [5.41, 5.74) is 5.36. The van der Waals surface area contributed by atoms with Gasteiger partial charge in [0, 0.05) is 11.6 Å². The summed E-state index contributed by atoms with van der Waals surface area (Å²) in [6, 6.07) is 0.178. The molecular weight excluding hydrogens is 252 g/mol. The van der Waals surface area contributed by atoms with E-state index in [1.165, 1.54) is 0 Å². The van der Waals surface area contributed by atoms with E-state index in [2.05, 4.69) is 4.90 Å². The normalized spacial score (nSPS) is 26.4. The molecule has 0 bridgehead atoms. The van der Waals surface area contributed by atoms with Crippen LogP contribution in [0.3, 0.4) is 0 Å². The highest BCUT2D eigenvalue weighted by molar-refractivity contribution is 7.91. The highest BCUT2D eigenvalue weighted by Crippen LogP contribution is 2.17. The van der Waals surface area contributed by atoms with Gasteiger partial charge in [-0.3, -0.25) is 0 Å². The number of unbranched alkanes of at least 4 members (excludes halogenated alkanes) is 1. The van der Waals surface area contributed by atoms with Gasteiger partial charge >= 0.3 is 0 Å². The lowest BCUT2D eigenvalue weighted by atomic mass is 9.97. The quantitative estimate of drug-likeness (QED) is 0.640. The smallest absolute Gasteiger partial charge is 0.151 e. The zero-order valence-corrected chi connectivity index (χ0v) is 12.2. The Morgan fingerprint density at radius 1 is 1.44 bits per heavy atom. The van der Waals surface area contributed by atoms with Crippen LogP contribution in [0.15, 0.2) is 0 Å². The first kappa shape index (κ1) is 15.9. The molecule has 2 unspecified atom stereocenters. The van der Waals surface area contributed by atoms with Gasteiger partial charge in [-0.05, 0) is 39.8 Å². The fourth-order valence-electron chi connectivity index (χ4n) is 2.27. The van der Waals surface area contributed by atoms with E-state index >= 15 is 0 Å². The van der Waals surface area contributed by atoms with Gasteiger partial charge in [0.2, 0.25) is 0 Å². The minimum atomic E-state index is -2.79. The molecule has 0 aromatic heterocycles. The van der Waals surface area contributed by atoms with Crippen LogP contribution in [0.25, 0.3) is 0 Å². The Kier molecular flexibility index (Phi) is 5.58. The van der Waals surface area contributed by atoms with Crippen molar-refractivity contribution < 1.29 is 13.5 Å². The van der Waals surface area contributed by atoms with Crippen molar-refractivity contribution in [1.29, 1.82) is 0 Å². The second-order valence-electron chi connectivity index (χ2n) is 5.81. The molecule has 1 heterocycles. The molecule has 108 valence electrons. The van der Waals surface area contributed by atoms with Gasteiger partial charge in [-0.15, -0.1) is 0 Å². The zero-order valence-electron chi connectivity index (χ0n) is 11.4. The molecule has 18 heavy (non-hydrogen) atoms. The Morgan fingerprint density at radius 2 is 2.11 bits per heavy atom. The summed E-state index contributed by atoms with van der Waals surface area (Å²) in [5, 5.41) is 9.03. The van der Waals surface area contributed by atoms with Gasteiger partial charge in [-0.2, -0.15) is 0 Å². The topological polar surface area (TPSA) is 83.6 Å². The van der Waals surface area contributed by atoms with Crippen LogP contribution < -0.4 is 5.73 Å². The third kappa shape index (κ3) is 5.22. The molecule has 5 nitrogen and oxygen atoms in total. The van der Waals surface area contributed by atoms with E-state index in [0.29, 0.717) is 11.5 Å². The molecule has 0 saturated carbocycles. The first-order valence-corrected chi connectivity index (χ1v) is 8.38. The van der Waals surface area contributed by atoms with E-state index in [9.17, 15) is 8.42 Å². The molecule has 1 rings (SSSR count). The summed E-state index contributed by atoms with van der Waals surface area (Å²) in [4.78, 5) is 2.14. The number of nitrogens with zero attached hydrogens (tertiary/aromatic N) is 1. The highest BCUT2D eigenvalue weighted by Gasteiger charge is 2.30. The van der Waals surface area contributed by atoms with Crippen LogP contribution in [0.4, 0.5) is 0 Å². The lowest BCUT2D eigenvalue weighted by Gasteiger charge is -2.25. The second kappa shape index (κ2) is 6.32. The maximum absolute atomic E-state index is 11.4. The monoisotopic (exact) mass is 278 g/mol. The average Bonchev–Trinajstić information content (AvgIpc) is 2.65. The number of hydrogen-bond donors (Lipinski definition) is 2. The van der Waals surface area contributed by atoms with E-state index in [-0.39, 0.29) is 12.6 Å². The molecule has 3 N–H and O–H groups in total. The lowest BCUT2D eigenvalue weighted by molar-refractivity contribution is 0.193. The molecular formula is C12H26N2O3S. The van der Waals surface area contributed by atoms with Crippen LogP contribution in [0.1, 0.15) is 32.6 Å². The van der Waals surface area contributed by atoms with E-state index in [1.54, 1.807) is 0 Å². The van der Waals surface area contributed by atoms with Crippen LogP contribution in [-0.2, 0) is 9.84 Å². The van der Waals surface area contributed by atoms with Crippen LogP contribution in [0.2, 0.25) is 0 Å². The molecule has 1 aliphatic heterocycles. The van der Waals surface area contributed by atoms with Crippen LogP contribution in [0.5, 0.6) is 0 Å². The van der Waals surface area contributed by atoms with Crippen molar-refractivity contribution in [2.75, 3.05) is 31.7 Å². The standard InChI is InChI=1S/C12H26N2O3S/c1-12(13,10-15)6-3-4-7-14(2)11-5-8-18(16,17)9-11/h11,15H,3-10,13H2,1-2H3. The number of aliphatic hydroxyl groups excluding tert-OH is 1. The van der Waals surface area contributed by atoms with Gasteiger partial charge in [-0.1, -0.05) is 6.42 Å². The predicted octanol–water partition coefficient (Wildman–Crippen LogP) is -0.0147. The number of rotatable bonds is 7. The summed E-state index contributed by atoms with van der Waals surface area (Å²) >= 11 is 0. The number of sulfone groups is 1. The average molecular weight is 278 g/mol. The van der Waals surface area contributed by atoms with Crippen molar-refractivity contribution in [2.45, 2.75) is 44.2 Å². The lowest BCUT2D eigenvalue weighted by Crippen LogP contribution is -2.40. The molecule has 1 saturated heterocycles. The van der Waals surface area contributed by atoms with Crippen molar-refractivity contribution in [1.82, 2.24) is 4.90 Å². The van der Waals surface area contributed by atoms with Crippen molar-refractivity contribution in [3.63, 3.8) is 0 Å². The molecule has 1 fully saturated rings. The van der Waals surface area contributed by atoms with Crippen molar-refractivity contribution in [3.05, 3.63) is 0 Å². The fraction of sp³-hybridized carbons (Fsp3) is 1.00. The summed E-state index contributed by atoms with van der Waals surface area (Å²) in [6.07, 6.45) is 3.49. The Morgan fingerprint density at radius 3 is 2.61 bits per heavy atom. The van der Waals surface area contributed by atoms with Gasteiger partial charge in [-0.25, -0.2) is 8.42 Å². The molecule has 6 heteroatoms. The largest absolute Gasteiger partial charge is 0.394 e. The predicted molar refractivity (Wildman–Crippen MR) is 73.2 cm³/mol. The van der Waals surface area contributed by atoms with Gasteiger partial charge in [0.05, 0.1) is 18.1 Å². The van der Waals surface area contributed by atoms with E-state index < -0.39 is 15.4 Å². The summed E-state index contributed by atoms with van der Waals surface area (Å²) in [6.45, 7) is 2.74. The molecule has 0 spiro atoms. The molecule has 0 aromatic rings. The molecule has 1 aliphatic rings. The number of aliphatic hydroxyl groups is 1. The summed E-state index contributed by atoms with van der Waals surface area (Å²) < 4.78 is 22.7. The Hall–Kier alpha value is -0.170. The van der Waals surface area contributed by atoms with Crippen LogP contribution in [-0.4, -0.2) is 61.7 Å². The maximum atomic E-state index is 11.4. The Balaban J connectivity index is 2.20. The molecule has 0 aromatic carbocycles. The summed E-state index contributed by atoms with van der Waals surface area (Å²) in [5.74, 6) is 0.627. The van der Waals surface area contributed by atoms with E-state index in [1.807, 2.05) is 14.0 Å². The molecule has 2 atom stereocenters. The summed E-state index contributed by atoms with van der Waals surface area (Å²) in [7, 11) is -0.808. The minimum Gasteiger partial charge on any atom is -0.394 e. The number of nitrogens with two attached hydrogens (primary N) is 1. The molecule has 0 aliphatic carbocycles.